The van der Waals surface area contributed by atoms with Crippen LogP contribution in [0.3, 0.4) is 0 Å². The molecule has 1 aromatic carbocycles. The predicted molar refractivity (Wildman–Crippen MR) is 123 cm³/mol. The van der Waals surface area contributed by atoms with E-state index in [1.807, 2.05) is 25.1 Å². The number of sulfone groups is 1. The molecule has 0 unspecified atom stereocenters. The number of benzene rings is 1. The van der Waals surface area contributed by atoms with Crippen LogP contribution in [0.1, 0.15) is 49.1 Å². The lowest BCUT2D eigenvalue weighted by Crippen LogP contribution is -2.09. The Hall–Kier alpha value is -2.58. The lowest BCUT2D eigenvalue weighted by atomic mass is 9.98. The fraction of sp³-hybridized carbons (Fsp3) is 0.458. The number of nitrogens with zero attached hydrogens (tertiary/aromatic N) is 2. The van der Waals surface area contributed by atoms with Crippen LogP contribution in [-0.4, -0.2) is 44.4 Å². The zero-order valence-corrected chi connectivity index (χ0v) is 19.2. The number of carbonyl (C=O) groups is 1. The van der Waals surface area contributed by atoms with E-state index >= 15 is 0 Å². The number of carbonyl (C=O) groups excluding carboxylic acids is 1. The molecule has 1 saturated heterocycles. The second kappa shape index (κ2) is 8.08. The molecule has 1 atom stereocenters. The first-order valence-electron chi connectivity index (χ1n) is 11.1. The van der Waals surface area contributed by atoms with Crippen LogP contribution in [0.2, 0.25) is 0 Å². The number of anilines is 2. The number of hydrogen-bond donors (Lipinski definition) is 1. The maximum absolute atomic E-state index is 12.6. The summed E-state index contributed by atoms with van der Waals surface area (Å²) in [6.07, 6.45) is 4.97. The molecule has 168 valence electrons. The number of ketones is 1. The molecule has 1 N–H and O–H groups in total. The molecular weight excluding hydrogens is 426 g/mol. The Kier molecular flexibility index (Phi) is 5.37. The van der Waals surface area contributed by atoms with Crippen LogP contribution in [0, 0.1) is 5.92 Å². The molecule has 5 rings (SSSR count). The van der Waals surface area contributed by atoms with Gasteiger partial charge >= 0.3 is 0 Å². The van der Waals surface area contributed by atoms with Crippen molar-refractivity contribution in [1.29, 1.82) is 0 Å². The van der Waals surface area contributed by atoms with Gasteiger partial charge in [-0.1, -0.05) is 6.07 Å². The molecule has 8 heteroatoms. The van der Waals surface area contributed by atoms with Gasteiger partial charge in [0.25, 0.3) is 0 Å². The van der Waals surface area contributed by atoms with Gasteiger partial charge in [0.1, 0.15) is 11.5 Å². The van der Waals surface area contributed by atoms with Gasteiger partial charge in [-0.05, 0) is 49.9 Å². The first-order chi connectivity index (χ1) is 15.3. The molecule has 7 nitrogen and oxygen atoms in total. The van der Waals surface area contributed by atoms with Crippen LogP contribution in [0.15, 0.2) is 34.2 Å². The van der Waals surface area contributed by atoms with E-state index in [0.29, 0.717) is 43.1 Å². The Labute approximate surface area is 188 Å². The van der Waals surface area contributed by atoms with Crippen molar-refractivity contribution >= 4 is 38.4 Å². The van der Waals surface area contributed by atoms with E-state index in [2.05, 4.69) is 15.3 Å². The average molecular weight is 454 g/mol. The summed E-state index contributed by atoms with van der Waals surface area (Å²) in [5.74, 6) is 0.601. The highest BCUT2D eigenvalue weighted by Gasteiger charge is 2.30. The van der Waals surface area contributed by atoms with Crippen molar-refractivity contribution in [2.24, 2.45) is 10.9 Å². The fourth-order valence-corrected chi connectivity index (χ4v) is 5.30. The van der Waals surface area contributed by atoms with Crippen LogP contribution >= 0.6 is 0 Å². The smallest absolute Gasteiger partial charge is 0.177 e. The zero-order valence-electron chi connectivity index (χ0n) is 18.3. The van der Waals surface area contributed by atoms with Crippen LogP contribution in [0.25, 0.3) is 0 Å². The second-order valence-electron chi connectivity index (χ2n) is 9.11. The standard InChI is InChI=1S/C24H27N3O4S/c1-14-9-20-24(25-14)21(11-18(26-20)12-22(28)15-3-4-15)27-19-6-5-16(17-7-8-31-13-17)10-23(19)32(2,29)30/h5-6,10-11,15,17H,3-4,7-9,12-13H2,1-2H3,(H,26,27)/t17-/m0/s1. The zero-order chi connectivity index (χ0) is 22.5. The van der Waals surface area contributed by atoms with Crippen LogP contribution in [0.4, 0.5) is 17.1 Å². The van der Waals surface area contributed by atoms with Crippen molar-refractivity contribution in [2.75, 3.05) is 24.8 Å². The summed E-state index contributed by atoms with van der Waals surface area (Å²) >= 11 is 0. The van der Waals surface area contributed by atoms with Gasteiger partial charge < -0.3 is 10.1 Å². The van der Waals surface area contributed by atoms with Crippen molar-refractivity contribution in [2.45, 2.75) is 49.8 Å². The van der Waals surface area contributed by atoms with Gasteiger partial charge in [-0.15, -0.1) is 0 Å². The number of pyridine rings is 1. The molecule has 2 aromatic rings. The molecule has 0 radical (unpaired) electrons. The molecule has 0 bridgehead atoms. The molecule has 2 fully saturated rings. The topological polar surface area (TPSA) is 97.7 Å². The van der Waals surface area contributed by atoms with E-state index in [0.717, 1.165) is 41.9 Å². The SMILES string of the molecule is CC1=Nc2c(Nc3ccc([C@H]4CCOC4)cc3S(C)(=O)=O)cc(CC(=O)C3CC3)nc2C1. The summed E-state index contributed by atoms with van der Waals surface area (Å²) in [5.41, 5.74) is 5.35. The number of hydrogen-bond acceptors (Lipinski definition) is 7. The first kappa shape index (κ1) is 21.3. The number of ether oxygens (including phenoxy) is 1. The molecule has 3 heterocycles. The lowest BCUT2D eigenvalue weighted by molar-refractivity contribution is -0.119. The Morgan fingerprint density at radius 1 is 1.19 bits per heavy atom. The normalized spacial score (nSPS) is 20.2. The summed E-state index contributed by atoms with van der Waals surface area (Å²) < 4.78 is 30.7. The molecule has 1 aromatic heterocycles. The van der Waals surface area contributed by atoms with Gasteiger partial charge in [0, 0.05) is 43.3 Å². The second-order valence-corrected chi connectivity index (χ2v) is 11.1. The maximum atomic E-state index is 12.6. The fourth-order valence-electron chi connectivity index (χ4n) is 4.43. The van der Waals surface area contributed by atoms with E-state index in [-0.39, 0.29) is 22.5 Å². The molecule has 3 aliphatic rings. The van der Waals surface area contributed by atoms with E-state index in [1.54, 1.807) is 6.07 Å². The molecule has 0 amide bonds. The number of Topliss-reactive ketones (excluding diaryl/α,β-unsaturated/α-hetero) is 1. The third-order valence-corrected chi connectivity index (χ3v) is 7.44. The summed E-state index contributed by atoms with van der Waals surface area (Å²) in [6.45, 7) is 3.25. The van der Waals surface area contributed by atoms with Crippen molar-refractivity contribution in [3.63, 3.8) is 0 Å². The Bertz CT molecular complexity index is 1230. The van der Waals surface area contributed by atoms with Crippen molar-refractivity contribution in [3.05, 3.63) is 41.2 Å². The van der Waals surface area contributed by atoms with Gasteiger partial charge in [-0.3, -0.25) is 14.8 Å². The van der Waals surface area contributed by atoms with Crippen molar-refractivity contribution < 1.29 is 17.9 Å². The van der Waals surface area contributed by atoms with E-state index < -0.39 is 9.84 Å². The number of rotatable bonds is 7. The minimum atomic E-state index is -3.47. The average Bonchev–Trinajstić information content (AvgIpc) is 3.30. The molecular formula is C24H27N3O4S. The van der Waals surface area contributed by atoms with Crippen LogP contribution in [-0.2, 0) is 32.2 Å². The Morgan fingerprint density at radius 2 is 2.00 bits per heavy atom. The highest BCUT2D eigenvalue weighted by atomic mass is 32.2. The molecule has 1 aliphatic carbocycles. The largest absolute Gasteiger partial charge is 0.381 e. The lowest BCUT2D eigenvalue weighted by Gasteiger charge is -2.17. The Balaban J connectivity index is 1.52. The van der Waals surface area contributed by atoms with Crippen LogP contribution in [0.5, 0.6) is 0 Å². The summed E-state index contributed by atoms with van der Waals surface area (Å²) in [6, 6.07) is 7.37. The van der Waals surface area contributed by atoms with Gasteiger partial charge in [0.15, 0.2) is 9.84 Å². The minimum Gasteiger partial charge on any atom is -0.381 e. The molecule has 1 saturated carbocycles. The number of nitrogens with one attached hydrogen (secondary N) is 1. The summed E-state index contributed by atoms with van der Waals surface area (Å²) in [5, 5.41) is 3.31. The third kappa shape index (κ3) is 4.34. The first-order valence-corrected chi connectivity index (χ1v) is 13.0. The van der Waals surface area contributed by atoms with E-state index in [9.17, 15) is 13.2 Å². The number of aliphatic imine (C=N–C) groups is 1. The minimum absolute atomic E-state index is 0.170. The van der Waals surface area contributed by atoms with Gasteiger partial charge in [0.05, 0.1) is 34.3 Å². The van der Waals surface area contributed by atoms with Crippen molar-refractivity contribution in [1.82, 2.24) is 4.98 Å². The molecule has 0 spiro atoms. The monoisotopic (exact) mass is 453 g/mol. The van der Waals surface area contributed by atoms with E-state index in [1.165, 1.54) is 6.26 Å². The van der Waals surface area contributed by atoms with Gasteiger partial charge in [-0.25, -0.2) is 8.42 Å². The Morgan fingerprint density at radius 3 is 2.69 bits per heavy atom. The third-order valence-electron chi connectivity index (χ3n) is 6.31. The van der Waals surface area contributed by atoms with Gasteiger partial charge in [0.2, 0.25) is 0 Å². The predicted octanol–water partition coefficient (Wildman–Crippen LogP) is 3.90. The van der Waals surface area contributed by atoms with E-state index in [4.69, 9.17) is 4.74 Å². The number of aromatic nitrogens is 1. The highest BCUT2D eigenvalue weighted by molar-refractivity contribution is 7.90. The summed E-state index contributed by atoms with van der Waals surface area (Å²) in [4.78, 5) is 21.9. The summed E-state index contributed by atoms with van der Waals surface area (Å²) in [7, 11) is -3.47. The molecule has 2 aliphatic heterocycles. The molecule has 32 heavy (non-hydrogen) atoms. The van der Waals surface area contributed by atoms with Crippen molar-refractivity contribution in [3.8, 4) is 0 Å². The van der Waals surface area contributed by atoms with Gasteiger partial charge in [-0.2, -0.15) is 0 Å². The quantitative estimate of drug-likeness (QED) is 0.683. The highest BCUT2D eigenvalue weighted by Crippen LogP contribution is 2.39. The van der Waals surface area contributed by atoms with Crippen LogP contribution < -0.4 is 5.32 Å². The number of fused-ring (bicyclic) bond motifs is 1. The maximum Gasteiger partial charge on any atom is 0.177 e.